The predicted octanol–water partition coefficient (Wildman–Crippen LogP) is 4.81. The second-order valence-corrected chi connectivity index (χ2v) is 8.36. The van der Waals surface area contributed by atoms with Crippen molar-refractivity contribution in [2.24, 2.45) is 5.73 Å². The largest absolute Gasteiger partial charge is 0.489 e. The zero-order valence-electron chi connectivity index (χ0n) is 18.1. The number of carbonyl (C=O) groups is 1. The Morgan fingerprint density at radius 1 is 1.03 bits per heavy atom. The normalized spacial score (nSPS) is 12.4. The van der Waals surface area contributed by atoms with E-state index in [1.54, 1.807) is 32.0 Å². The minimum atomic E-state index is -1.02. The number of para-hydroxylation sites is 1. The molecule has 3 rings (SSSR count). The number of aliphatic carboxylic acids is 1. The lowest BCUT2D eigenvalue weighted by molar-refractivity contribution is -0.136. The fourth-order valence-electron chi connectivity index (χ4n) is 3.41. The van der Waals surface area contributed by atoms with Crippen LogP contribution in [0.1, 0.15) is 49.1 Å². The summed E-state index contributed by atoms with van der Waals surface area (Å²) >= 11 is 0. The van der Waals surface area contributed by atoms with Crippen LogP contribution in [0, 0.1) is 0 Å². The summed E-state index contributed by atoms with van der Waals surface area (Å²) in [4.78, 5) is 11.1. The molecule has 31 heavy (non-hydrogen) atoms. The van der Waals surface area contributed by atoms with Gasteiger partial charge in [0.25, 0.3) is 0 Å². The van der Waals surface area contributed by atoms with Gasteiger partial charge in [-0.3, -0.25) is 4.79 Å². The third kappa shape index (κ3) is 5.94. The Morgan fingerprint density at radius 3 is 2.45 bits per heavy atom. The van der Waals surface area contributed by atoms with Crippen molar-refractivity contribution in [3.05, 3.63) is 89.0 Å². The summed E-state index contributed by atoms with van der Waals surface area (Å²) in [7, 11) is 0. The Bertz CT molecular complexity index is 1070. The molecule has 0 saturated carbocycles. The Labute approximate surface area is 183 Å². The van der Waals surface area contributed by atoms with E-state index >= 15 is 0 Å². The van der Waals surface area contributed by atoms with E-state index in [0.29, 0.717) is 11.3 Å². The van der Waals surface area contributed by atoms with Crippen LogP contribution in [-0.4, -0.2) is 16.2 Å². The molecule has 162 valence electrons. The van der Waals surface area contributed by atoms with Gasteiger partial charge in [0.15, 0.2) is 0 Å². The highest BCUT2D eigenvalue weighted by molar-refractivity contribution is 5.71. The van der Waals surface area contributed by atoms with Crippen LogP contribution in [0.25, 0.3) is 11.1 Å². The van der Waals surface area contributed by atoms with E-state index in [4.69, 9.17) is 15.6 Å². The average Bonchev–Trinajstić information content (AvgIpc) is 2.72. The van der Waals surface area contributed by atoms with Crippen LogP contribution >= 0.6 is 0 Å². The van der Waals surface area contributed by atoms with Gasteiger partial charge < -0.3 is 20.7 Å². The van der Waals surface area contributed by atoms with Crippen molar-refractivity contribution in [3.63, 3.8) is 0 Å². The summed E-state index contributed by atoms with van der Waals surface area (Å²) in [6.07, 6.45) is -0.102. The van der Waals surface area contributed by atoms with Crippen molar-refractivity contribution in [1.82, 2.24) is 0 Å². The maximum Gasteiger partial charge on any atom is 0.307 e. The van der Waals surface area contributed by atoms with Crippen LogP contribution in [0.2, 0.25) is 0 Å². The summed E-state index contributed by atoms with van der Waals surface area (Å²) < 4.78 is 5.98. The number of carboxylic acids is 1. The summed E-state index contributed by atoms with van der Waals surface area (Å²) in [6, 6.07) is 21.0. The molecule has 0 bridgehead atoms. The Kier molecular flexibility index (Phi) is 6.78. The van der Waals surface area contributed by atoms with E-state index in [1.165, 1.54) is 0 Å². The first kappa shape index (κ1) is 22.5. The first-order valence-corrected chi connectivity index (χ1v) is 10.3. The molecule has 0 amide bonds. The van der Waals surface area contributed by atoms with E-state index in [9.17, 15) is 9.90 Å². The van der Waals surface area contributed by atoms with Crippen molar-refractivity contribution < 1.29 is 19.7 Å². The van der Waals surface area contributed by atoms with Gasteiger partial charge in [-0.05, 0) is 78.9 Å². The Balaban J connectivity index is 1.95. The average molecular weight is 420 g/mol. The lowest BCUT2D eigenvalue weighted by atomic mass is 9.91. The quantitative estimate of drug-likeness (QED) is 0.487. The van der Waals surface area contributed by atoms with E-state index in [-0.39, 0.29) is 19.1 Å². The SMILES string of the molecule is CC(N)c1cccc(-c2cc(COc3ccccc3CC(=O)O)cc(C(C)(C)O)c2)c1. The predicted molar refractivity (Wildman–Crippen MR) is 122 cm³/mol. The van der Waals surface area contributed by atoms with Crippen molar-refractivity contribution in [2.75, 3.05) is 0 Å². The number of ether oxygens (including phenoxy) is 1. The molecule has 0 aliphatic carbocycles. The maximum atomic E-state index is 11.1. The van der Waals surface area contributed by atoms with E-state index in [0.717, 1.165) is 27.8 Å². The van der Waals surface area contributed by atoms with Gasteiger partial charge in [0, 0.05) is 11.6 Å². The molecule has 5 nitrogen and oxygen atoms in total. The van der Waals surface area contributed by atoms with Crippen LogP contribution in [0.5, 0.6) is 5.75 Å². The molecule has 0 heterocycles. The standard InChI is InChI=1S/C26H29NO4/c1-17(27)19-8-6-9-20(13-19)22-11-18(12-23(14-22)26(2,3)30)16-31-24-10-5-4-7-21(24)15-25(28)29/h4-14,17,30H,15-16,27H2,1-3H3,(H,28,29). The highest BCUT2D eigenvalue weighted by Gasteiger charge is 2.18. The smallest absolute Gasteiger partial charge is 0.307 e. The second kappa shape index (κ2) is 9.33. The van der Waals surface area contributed by atoms with Crippen molar-refractivity contribution in [1.29, 1.82) is 0 Å². The number of nitrogens with two attached hydrogens (primary N) is 1. The topological polar surface area (TPSA) is 92.8 Å². The molecular weight excluding hydrogens is 390 g/mol. The lowest BCUT2D eigenvalue weighted by Crippen LogP contribution is -2.16. The number of hydrogen-bond donors (Lipinski definition) is 3. The number of benzene rings is 3. The van der Waals surface area contributed by atoms with Crippen LogP contribution in [0.3, 0.4) is 0 Å². The minimum Gasteiger partial charge on any atom is -0.489 e. The molecule has 5 heteroatoms. The fourth-order valence-corrected chi connectivity index (χ4v) is 3.41. The van der Waals surface area contributed by atoms with Crippen LogP contribution < -0.4 is 10.5 Å². The van der Waals surface area contributed by atoms with Crippen molar-refractivity contribution in [3.8, 4) is 16.9 Å². The van der Waals surface area contributed by atoms with E-state index in [1.807, 2.05) is 49.4 Å². The van der Waals surface area contributed by atoms with Crippen LogP contribution in [-0.2, 0) is 23.4 Å². The van der Waals surface area contributed by atoms with Crippen molar-refractivity contribution >= 4 is 5.97 Å². The molecule has 0 radical (unpaired) electrons. The van der Waals surface area contributed by atoms with Gasteiger partial charge in [-0.1, -0.05) is 36.4 Å². The van der Waals surface area contributed by atoms with Gasteiger partial charge in [0.05, 0.1) is 12.0 Å². The maximum absolute atomic E-state index is 11.1. The zero-order valence-corrected chi connectivity index (χ0v) is 18.1. The molecule has 3 aromatic carbocycles. The molecule has 4 N–H and O–H groups in total. The molecule has 0 aromatic heterocycles. The first-order chi connectivity index (χ1) is 14.6. The molecule has 3 aromatic rings. The van der Waals surface area contributed by atoms with Crippen LogP contribution in [0.4, 0.5) is 0 Å². The van der Waals surface area contributed by atoms with Gasteiger partial charge in [-0.25, -0.2) is 0 Å². The minimum absolute atomic E-state index is 0.0778. The lowest BCUT2D eigenvalue weighted by Gasteiger charge is -2.21. The molecule has 0 spiro atoms. The first-order valence-electron chi connectivity index (χ1n) is 10.3. The highest BCUT2D eigenvalue weighted by Crippen LogP contribution is 2.30. The van der Waals surface area contributed by atoms with Gasteiger partial charge in [0.1, 0.15) is 12.4 Å². The summed E-state index contributed by atoms with van der Waals surface area (Å²) in [5.74, 6) is -0.365. The highest BCUT2D eigenvalue weighted by atomic mass is 16.5. The van der Waals surface area contributed by atoms with E-state index < -0.39 is 11.6 Å². The monoisotopic (exact) mass is 419 g/mol. The number of aliphatic hydroxyl groups is 1. The summed E-state index contributed by atoms with van der Waals surface area (Å²) in [6.45, 7) is 5.69. The van der Waals surface area contributed by atoms with Gasteiger partial charge in [-0.2, -0.15) is 0 Å². The number of rotatable bonds is 8. The molecule has 0 fully saturated rings. The van der Waals surface area contributed by atoms with Crippen LogP contribution in [0.15, 0.2) is 66.7 Å². The van der Waals surface area contributed by atoms with Gasteiger partial charge in [-0.15, -0.1) is 0 Å². The zero-order chi connectivity index (χ0) is 22.6. The molecule has 0 aliphatic heterocycles. The third-order valence-corrected chi connectivity index (χ3v) is 5.15. The molecule has 1 unspecified atom stereocenters. The Hall–Kier alpha value is -3.15. The Morgan fingerprint density at radius 2 is 1.77 bits per heavy atom. The molecule has 1 atom stereocenters. The van der Waals surface area contributed by atoms with Crippen molar-refractivity contribution in [2.45, 2.75) is 45.4 Å². The summed E-state index contributed by atoms with van der Waals surface area (Å²) in [5.41, 5.74) is 10.3. The molecule has 0 aliphatic rings. The number of carboxylic acid groups (broad SMARTS) is 1. The third-order valence-electron chi connectivity index (χ3n) is 5.15. The van der Waals surface area contributed by atoms with Gasteiger partial charge >= 0.3 is 5.97 Å². The fraction of sp³-hybridized carbons (Fsp3) is 0.269. The second-order valence-electron chi connectivity index (χ2n) is 8.36. The molecule has 0 saturated heterocycles. The molecular formula is C26H29NO4. The summed E-state index contributed by atoms with van der Waals surface area (Å²) in [5, 5.41) is 19.8. The number of hydrogen-bond acceptors (Lipinski definition) is 4. The van der Waals surface area contributed by atoms with Gasteiger partial charge in [0.2, 0.25) is 0 Å². The van der Waals surface area contributed by atoms with E-state index in [2.05, 4.69) is 6.07 Å².